The van der Waals surface area contributed by atoms with Crippen LogP contribution in [0.2, 0.25) is 0 Å². The second-order valence-electron chi connectivity index (χ2n) is 6.67. The molecule has 0 spiro atoms. The van der Waals surface area contributed by atoms with Gasteiger partial charge in [-0.3, -0.25) is 4.79 Å². The van der Waals surface area contributed by atoms with Crippen LogP contribution < -0.4 is 10.1 Å². The van der Waals surface area contributed by atoms with Crippen molar-refractivity contribution in [1.29, 1.82) is 0 Å². The van der Waals surface area contributed by atoms with Crippen LogP contribution in [0.5, 0.6) is 5.75 Å². The third-order valence-corrected chi connectivity index (χ3v) is 5.18. The zero-order valence-electron chi connectivity index (χ0n) is 15.9. The number of hydrogen-bond donors (Lipinski definition) is 1. The fourth-order valence-electron chi connectivity index (χ4n) is 3.65. The van der Waals surface area contributed by atoms with Crippen LogP contribution in [0.25, 0.3) is 5.69 Å². The van der Waals surface area contributed by atoms with Gasteiger partial charge in [0.2, 0.25) is 0 Å². The second kappa shape index (κ2) is 8.60. The summed E-state index contributed by atoms with van der Waals surface area (Å²) in [7, 11) is 3.65. The van der Waals surface area contributed by atoms with E-state index in [1.807, 2.05) is 56.1 Å². The van der Waals surface area contributed by atoms with Crippen molar-refractivity contribution >= 4 is 18.3 Å². The summed E-state index contributed by atoms with van der Waals surface area (Å²) in [5, 5.41) is 3.31. The Kier molecular flexibility index (Phi) is 6.73. The molecule has 0 radical (unpaired) electrons. The van der Waals surface area contributed by atoms with Gasteiger partial charge in [-0.15, -0.1) is 12.4 Å². The summed E-state index contributed by atoms with van der Waals surface area (Å²) in [6.07, 6.45) is 2.03. The van der Waals surface area contributed by atoms with E-state index in [1.165, 1.54) is 0 Å². The molecule has 0 atom stereocenters. The van der Waals surface area contributed by atoms with Crippen LogP contribution in [0.4, 0.5) is 0 Å². The predicted molar refractivity (Wildman–Crippen MR) is 107 cm³/mol. The SMILES string of the molecule is CNC1CCN(C(=O)c2cc(C)n(-c3ccc(OC)cc3)c2C)CC1.Cl. The van der Waals surface area contributed by atoms with Gasteiger partial charge in [-0.2, -0.15) is 0 Å². The summed E-state index contributed by atoms with van der Waals surface area (Å²) in [5.74, 6) is 0.970. The molecular formula is C20H28ClN3O2. The molecule has 0 saturated carbocycles. The minimum absolute atomic E-state index is 0. The lowest BCUT2D eigenvalue weighted by Crippen LogP contribution is -2.44. The van der Waals surface area contributed by atoms with Crippen LogP contribution in [0.1, 0.15) is 34.6 Å². The van der Waals surface area contributed by atoms with Crippen molar-refractivity contribution in [1.82, 2.24) is 14.8 Å². The molecule has 26 heavy (non-hydrogen) atoms. The Morgan fingerprint density at radius 2 is 1.77 bits per heavy atom. The summed E-state index contributed by atoms with van der Waals surface area (Å²) in [6.45, 7) is 5.69. The Hall–Kier alpha value is -1.98. The van der Waals surface area contributed by atoms with Gasteiger partial charge in [-0.05, 0) is 64.1 Å². The molecule has 6 heteroatoms. The topological polar surface area (TPSA) is 46.5 Å². The molecule has 1 N–H and O–H groups in total. The number of hydrogen-bond acceptors (Lipinski definition) is 3. The zero-order valence-corrected chi connectivity index (χ0v) is 16.7. The lowest BCUT2D eigenvalue weighted by molar-refractivity contribution is 0.0706. The molecule has 2 heterocycles. The molecule has 0 aliphatic carbocycles. The number of piperidine rings is 1. The lowest BCUT2D eigenvalue weighted by atomic mass is 10.0. The Labute approximate surface area is 161 Å². The van der Waals surface area contributed by atoms with Gasteiger partial charge in [0.25, 0.3) is 5.91 Å². The van der Waals surface area contributed by atoms with E-state index in [0.717, 1.165) is 54.3 Å². The van der Waals surface area contributed by atoms with Gasteiger partial charge in [-0.1, -0.05) is 0 Å². The number of nitrogens with zero attached hydrogens (tertiary/aromatic N) is 2. The van der Waals surface area contributed by atoms with Gasteiger partial charge in [-0.25, -0.2) is 0 Å². The molecule has 1 aromatic carbocycles. The number of likely N-dealkylation sites (tertiary alicyclic amines) is 1. The molecule has 0 unspecified atom stereocenters. The average Bonchev–Trinajstić information content (AvgIpc) is 2.95. The van der Waals surface area contributed by atoms with E-state index in [1.54, 1.807) is 7.11 Å². The summed E-state index contributed by atoms with van der Waals surface area (Å²) < 4.78 is 7.36. The highest BCUT2D eigenvalue weighted by Gasteiger charge is 2.25. The molecule has 142 valence electrons. The first kappa shape index (κ1) is 20.3. The van der Waals surface area contributed by atoms with E-state index >= 15 is 0 Å². The van der Waals surface area contributed by atoms with Gasteiger partial charge in [0.1, 0.15) is 5.75 Å². The molecule has 1 aliphatic rings. The van der Waals surface area contributed by atoms with Crippen molar-refractivity contribution in [2.75, 3.05) is 27.2 Å². The zero-order chi connectivity index (χ0) is 18.0. The summed E-state index contributed by atoms with van der Waals surface area (Å²) in [5.41, 5.74) is 3.90. The van der Waals surface area contributed by atoms with E-state index in [0.29, 0.717) is 6.04 Å². The number of carbonyl (C=O) groups excluding carboxylic acids is 1. The third kappa shape index (κ3) is 3.89. The first-order chi connectivity index (χ1) is 12.0. The van der Waals surface area contributed by atoms with Gasteiger partial charge >= 0.3 is 0 Å². The summed E-state index contributed by atoms with van der Waals surface area (Å²) in [4.78, 5) is 15.0. The lowest BCUT2D eigenvalue weighted by Gasteiger charge is -2.31. The van der Waals surface area contributed by atoms with E-state index in [9.17, 15) is 4.79 Å². The number of nitrogens with one attached hydrogen (secondary N) is 1. The Bertz CT molecular complexity index is 747. The molecule has 0 bridgehead atoms. The first-order valence-corrected chi connectivity index (χ1v) is 8.85. The minimum Gasteiger partial charge on any atom is -0.497 e. The monoisotopic (exact) mass is 377 g/mol. The standard InChI is InChI=1S/C20H27N3O2.ClH/c1-14-13-19(20(24)22-11-9-16(21-3)10-12-22)15(2)23(14)17-5-7-18(25-4)8-6-17;/h5-8,13,16,21H,9-12H2,1-4H3;1H. The molecule has 2 aromatic rings. The normalized spacial score (nSPS) is 14.8. The predicted octanol–water partition coefficient (Wildman–Crippen LogP) is 3.35. The Balaban J connectivity index is 0.00000243. The van der Waals surface area contributed by atoms with Crippen LogP contribution in [0.3, 0.4) is 0 Å². The third-order valence-electron chi connectivity index (χ3n) is 5.18. The summed E-state index contributed by atoms with van der Waals surface area (Å²) in [6, 6.07) is 10.5. The second-order valence-corrected chi connectivity index (χ2v) is 6.67. The van der Waals surface area contributed by atoms with Crippen LogP contribution in [0, 0.1) is 13.8 Å². The average molecular weight is 378 g/mol. The number of benzene rings is 1. The van der Waals surface area contributed by atoms with Gasteiger partial charge in [0, 0.05) is 36.2 Å². The van der Waals surface area contributed by atoms with E-state index in [-0.39, 0.29) is 18.3 Å². The molecule has 3 rings (SSSR count). The molecule has 1 aromatic heterocycles. The fraction of sp³-hybridized carbons (Fsp3) is 0.450. The molecule has 5 nitrogen and oxygen atoms in total. The quantitative estimate of drug-likeness (QED) is 0.888. The number of methoxy groups -OCH3 is 1. The van der Waals surface area contributed by atoms with Crippen molar-refractivity contribution in [3.63, 3.8) is 0 Å². The Morgan fingerprint density at radius 1 is 1.15 bits per heavy atom. The number of rotatable bonds is 4. The highest BCUT2D eigenvalue weighted by molar-refractivity contribution is 5.96. The van der Waals surface area contributed by atoms with E-state index in [2.05, 4.69) is 9.88 Å². The first-order valence-electron chi connectivity index (χ1n) is 8.85. The number of aryl methyl sites for hydroxylation is 1. The maximum Gasteiger partial charge on any atom is 0.255 e. The highest BCUT2D eigenvalue weighted by Crippen LogP contribution is 2.24. The van der Waals surface area contributed by atoms with Crippen molar-refractivity contribution in [2.24, 2.45) is 0 Å². The van der Waals surface area contributed by atoms with E-state index in [4.69, 9.17) is 4.74 Å². The van der Waals surface area contributed by atoms with Crippen molar-refractivity contribution < 1.29 is 9.53 Å². The summed E-state index contributed by atoms with van der Waals surface area (Å²) >= 11 is 0. The van der Waals surface area contributed by atoms with E-state index < -0.39 is 0 Å². The van der Waals surface area contributed by atoms with Crippen LogP contribution in [0.15, 0.2) is 30.3 Å². The molecule has 1 amide bonds. The molecule has 1 fully saturated rings. The fourth-order valence-corrected chi connectivity index (χ4v) is 3.65. The molecule has 1 saturated heterocycles. The largest absolute Gasteiger partial charge is 0.497 e. The maximum absolute atomic E-state index is 13.0. The number of halogens is 1. The highest BCUT2D eigenvalue weighted by atomic mass is 35.5. The van der Waals surface area contributed by atoms with Crippen LogP contribution in [-0.2, 0) is 0 Å². The van der Waals surface area contributed by atoms with Gasteiger partial charge < -0.3 is 19.5 Å². The number of amides is 1. The van der Waals surface area contributed by atoms with Crippen LogP contribution >= 0.6 is 12.4 Å². The number of aromatic nitrogens is 1. The molecule has 1 aliphatic heterocycles. The van der Waals surface area contributed by atoms with Gasteiger partial charge in [0.05, 0.1) is 12.7 Å². The number of ether oxygens (including phenoxy) is 1. The van der Waals surface area contributed by atoms with Crippen LogP contribution in [-0.4, -0.2) is 48.7 Å². The van der Waals surface area contributed by atoms with Gasteiger partial charge in [0.15, 0.2) is 0 Å². The molecular weight excluding hydrogens is 350 g/mol. The Morgan fingerprint density at radius 3 is 2.31 bits per heavy atom. The smallest absolute Gasteiger partial charge is 0.255 e. The number of carbonyl (C=O) groups is 1. The van der Waals surface area contributed by atoms with Crippen molar-refractivity contribution in [3.8, 4) is 11.4 Å². The minimum atomic E-state index is 0. The van der Waals surface area contributed by atoms with Crippen molar-refractivity contribution in [3.05, 3.63) is 47.3 Å². The maximum atomic E-state index is 13.0. The van der Waals surface area contributed by atoms with Crippen molar-refractivity contribution in [2.45, 2.75) is 32.7 Å².